The van der Waals surface area contributed by atoms with Gasteiger partial charge in [-0.15, -0.1) is 0 Å². The van der Waals surface area contributed by atoms with Crippen LogP contribution in [0.25, 0.3) is 0 Å². The lowest BCUT2D eigenvalue weighted by Gasteiger charge is -2.29. The van der Waals surface area contributed by atoms with Crippen molar-refractivity contribution >= 4 is 5.97 Å². The highest BCUT2D eigenvalue weighted by molar-refractivity contribution is 5.69. The number of carbonyl (C=O) groups is 1. The molecule has 0 aromatic carbocycles. The molecule has 0 heterocycles. The first-order valence-electron chi connectivity index (χ1n) is 5.92. The molecule has 0 aliphatic heterocycles. The number of nitrogens with zero attached hydrogens (tertiary/aromatic N) is 1. The largest absolute Gasteiger partial charge is 0.466 e. The summed E-state index contributed by atoms with van der Waals surface area (Å²) in [7, 11) is 1.96. The average Bonchev–Trinajstić information content (AvgIpc) is 2.16. The molecule has 4 nitrogen and oxygen atoms in total. The number of aliphatic hydroxyl groups excluding tert-OH is 1. The van der Waals surface area contributed by atoms with Crippen LogP contribution < -0.4 is 0 Å². The van der Waals surface area contributed by atoms with Crippen LogP contribution in [0.4, 0.5) is 0 Å². The number of likely N-dealkylation sites (N-methyl/N-ethyl adjacent to an activating group) is 1. The Kier molecular flexibility index (Phi) is 7.34. The maximum Gasteiger partial charge on any atom is 0.308 e. The van der Waals surface area contributed by atoms with Crippen molar-refractivity contribution in [2.75, 3.05) is 20.2 Å². The third kappa shape index (κ3) is 6.08. The maximum atomic E-state index is 11.1. The molecule has 0 amide bonds. The van der Waals surface area contributed by atoms with Crippen molar-refractivity contribution < 1.29 is 14.6 Å². The molecule has 4 heteroatoms. The standard InChI is InChI=1S/C12H25NO3/c1-6-16-12(15)7-11(14)8-13(5)10(4)9(2)3/h9-11,14H,6-8H2,1-5H3. The van der Waals surface area contributed by atoms with Crippen LogP contribution in [0.1, 0.15) is 34.1 Å². The molecule has 2 atom stereocenters. The highest BCUT2D eigenvalue weighted by atomic mass is 16.5. The van der Waals surface area contributed by atoms with Gasteiger partial charge in [0.05, 0.1) is 19.1 Å². The molecule has 0 rings (SSSR count). The molecule has 16 heavy (non-hydrogen) atoms. The molecule has 0 fully saturated rings. The highest BCUT2D eigenvalue weighted by Crippen LogP contribution is 2.09. The molecule has 0 saturated heterocycles. The molecule has 0 aliphatic carbocycles. The molecule has 0 aromatic heterocycles. The van der Waals surface area contributed by atoms with Gasteiger partial charge in [0.1, 0.15) is 0 Å². The summed E-state index contributed by atoms with van der Waals surface area (Å²) in [5.74, 6) is 0.195. The second-order valence-electron chi connectivity index (χ2n) is 4.59. The van der Waals surface area contributed by atoms with Crippen molar-refractivity contribution in [1.29, 1.82) is 0 Å². The molecule has 0 radical (unpaired) electrons. The van der Waals surface area contributed by atoms with E-state index in [1.54, 1.807) is 6.92 Å². The van der Waals surface area contributed by atoms with Crippen LogP contribution in [-0.4, -0.2) is 48.3 Å². The Bertz CT molecular complexity index is 206. The Balaban J connectivity index is 3.94. The summed E-state index contributed by atoms with van der Waals surface area (Å²) >= 11 is 0. The van der Waals surface area contributed by atoms with Crippen LogP contribution in [0.2, 0.25) is 0 Å². The zero-order valence-electron chi connectivity index (χ0n) is 11.1. The molecular formula is C12H25NO3. The third-order valence-electron chi connectivity index (χ3n) is 2.87. The normalized spacial score (nSPS) is 15.2. The van der Waals surface area contributed by atoms with Crippen molar-refractivity contribution in [1.82, 2.24) is 4.90 Å². The second kappa shape index (κ2) is 7.63. The van der Waals surface area contributed by atoms with E-state index in [2.05, 4.69) is 25.7 Å². The summed E-state index contributed by atoms with van der Waals surface area (Å²) in [6, 6.07) is 0.386. The second-order valence-corrected chi connectivity index (χ2v) is 4.59. The number of hydrogen-bond donors (Lipinski definition) is 1. The first-order valence-corrected chi connectivity index (χ1v) is 5.92. The van der Waals surface area contributed by atoms with Gasteiger partial charge in [-0.2, -0.15) is 0 Å². The Hall–Kier alpha value is -0.610. The monoisotopic (exact) mass is 231 g/mol. The van der Waals surface area contributed by atoms with Gasteiger partial charge in [-0.1, -0.05) is 13.8 Å². The SMILES string of the molecule is CCOC(=O)CC(O)CN(C)C(C)C(C)C. The van der Waals surface area contributed by atoms with Gasteiger partial charge in [0.15, 0.2) is 0 Å². The van der Waals surface area contributed by atoms with Gasteiger partial charge in [0.2, 0.25) is 0 Å². The van der Waals surface area contributed by atoms with Crippen LogP contribution >= 0.6 is 0 Å². The number of hydrogen-bond acceptors (Lipinski definition) is 4. The molecule has 0 aliphatic rings. The minimum absolute atomic E-state index is 0.0724. The van der Waals surface area contributed by atoms with Gasteiger partial charge in [-0.05, 0) is 26.8 Å². The summed E-state index contributed by atoms with van der Waals surface area (Å²) in [6.07, 6.45) is -0.576. The van der Waals surface area contributed by atoms with E-state index >= 15 is 0 Å². The zero-order chi connectivity index (χ0) is 12.7. The number of rotatable bonds is 7. The lowest BCUT2D eigenvalue weighted by Crippen LogP contribution is -2.39. The summed E-state index contributed by atoms with van der Waals surface area (Å²) in [6.45, 7) is 9.01. The van der Waals surface area contributed by atoms with Crippen LogP contribution in [-0.2, 0) is 9.53 Å². The smallest absolute Gasteiger partial charge is 0.308 e. The van der Waals surface area contributed by atoms with Crippen molar-refractivity contribution in [2.24, 2.45) is 5.92 Å². The van der Waals surface area contributed by atoms with E-state index in [0.29, 0.717) is 25.1 Å². The van der Waals surface area contributed by atoms with Gasteiger partial charge in [0, 0.05) is 12.6 Å². The molecule has 96 valence electrons. The molecule has 0 spiro atoms. The molecule has 1 N–H and O–H groups in total. The summed E-state index contributed by atoms with van der Waals surface area (Å²) in [5, 5.41) is 9.70. The Morgan fingerprint density at radius 1 is 1.38 bits per heavy atom. The first-order chi connectivity index (χ1) is 7.38. The number of esters is 1. The minimum atomic E-state index is -0.648. The van der Waals surface area contributed by atoms with Gasteiger partial charge < -0.3 is 14.7 Å². The average molecular weight is 231 g/mol. The van der Waals surface area contributed by atoms with Crippen molar-refractivity contribution in [3.63, 3.8) is 0 Å². The summed E-state index contributed by atoms with van der Waals surface area (Å²) in [4.78, 5) is 13.2. The molecule has 0 saturated carbocycles. The fraction of sp³-hybridized carbons (Fsp3) is 0.917. The minimum Gasteiger partial charge on any atom is -0.466 e. The van der Waals surface area contributed by atoms with Gasteiger partial charge >= 0.3 is 5.97 Å². The molecule has 2 unspecified atom stereocenters. The third-order valence-corrected chi connectivity index (χ3v) is 2.87. The lowest BCUT2D eigenvalue weighted by molar-refractivity contribution is -0.145. The molecule has 0 bridgehead atoms. The van der Waals surface area contributed by atoms with Crippen LogP contribution in [0.15, 0.2) is 0 Å². The Morgan fingerprint density at radius 2 is 1.94 bits per heavy atom. The van der Waals surface area contributed by atoms with E-state index in [9.17, 15) is 9.90 Å². The quantitative estimate of drug-likeness (QED) is 0.671. The molecular weight excluding hydrogens is 206 g/mol. The summed E-state index contributed by atoms with van der Waals surface area (Å²) in [5.41, 5.74) is 0. The fourth-order valence-electron chi connectivity index (χ4n) is 1.48. The van der Waals surface area contributed by atoms with E-state index in [0.717, 1.165) is 0 Å². The summed E-state index contributed by atoms with van der Waals surface area (Å²) < 4.78 is 4.78. The van der Waals surface area contributed by atoms with E-state index < -0.39 is 6.10 Å². The zero-order valence-corrected chi connectivity index (χ0v) is 11.1. The predicted octanol–water partition coefficient (Wildman–Crippen LogP) is 1.28. The highest BCUT2D eigenvalue weighted by Gasteiger charge is 2.18. The topological polar surface area (TPSA) is 49.8 Å². The fourth-order valence-corrected chi connectivity index (χ4v) is 1.48. The number of aliphatic hydroxyl groups is 1. The maximum absolute atomic E-state index is 11.1. The van der Waals surface area contributed by atoms with Crippen molar-refractivity contribution in [2.45, 2.75) is 46.3 Å². The van der Waals surface area contributed by atoms with E-state index in [4.69, 9.17) is 4.74 Å². The lowest BCUT2D eigenvalue weighted by atomic mass is 10.0. The molecule has 0 aromatic rings. The van der Waals surface area contributed by atoms with Crippen molar-refractivity contribution in [3.8, 4) is 0 Å². The van der Waals surface area contributed by atoms with Crippen LogP contribution in [0.3, 0.4) is 0 Å². The van der Waals surface area contributed by atoms with E-state index in [-0.39, 0.29) is 12.4 Å². The Labute approximate surface area is 98.6 Å². The van der Waals surface area contributed by atoms with E-state index in [1.165, 1.54) is 0 Å². The van der Waals surface area contributed by atoms with Crippen LogP contribution in [0, 0.1) is 5.92 Å². The van der Waals surface area contributed by atoms with Gasteiger partial charge in [0.25, 0.3) is 0 Å². The van der Waals surface area contributed by atoms with Gasteiger partial charge in [-0.3, -0.25) is 4.79 Å². The van der Waals surface area contributed by atoms with Gasteiger partial charge in [-0.25, -0.2) is 0 Å². The first kappa shape index (κ1) is 15.4. The van der Waals surface area contributed by atoms with Crippen molar-refractivity contribution in [3.05, 3.63) is 0 Å². The van der Waals surface area contributed by atoms with E-state index in [1.807, 2.05) is 7.05 Å². The predicted molar refractivity (Wildman–Crippen MR) is 64.2 cm³/mol. The van der Waals surface area contributed by atoms with Crippen LogP contribution in [0.5, 0.6) is 0 Å². The Morgan fingerprint density at radius 3 is 2.38 bits per heavy atom. The number of ether oxygens (including phenoxy) is 1. The number of carbonyl (C=O) groups excluding carboxylic acids is 1.